The molecule has 0 bridgehead atoms. The highest BCUT2D eigenvalue weighted by molar-refractivity contribution is 6.33. The van der Waals surface area contributed by atoms with Crippen LogP contribution in [0.5, 0.6) is 0 Å². The zero-order valence-electron chi connectivity index (χ0n) is 17.0. The Morgan fingerprint density at radius 2 is 2.00 bits per heavy atom. The molecule has 0 radical (unpaired) electrons. The van der Waals surface area contributed by atoms with Crippen molar-refractivity contribution in [2.24, 2.45) is 5.73 Å². The maximum Gasteiger partial charge on any atom is 0.326 e. The smallest absolute Gasteiger partial charge is 0.326 e. The first-order valence-corrected chi connectivity index (χ1v) is 10.2. The molecule has 168 valence electrons. The van der Waals surface area contributed by atoms with Crippen LogP contribution in [0.2, 0.25) is 5.02 Å². The quantitative estimate of drug-likeness (QED) is 0.225. The van der Waals surface area contributed by atoms with Crippen molar-refractivity contribution >= 4 is 35.0 Å². The van der Waals surface area contributed by atoms with Gasteiger partial charge in [-0.3, -0.25) is 15.1 Å². The van der Waals surface area contributed by atoms with Crippen LogP contribution in [0.3, 0.4) is 0 Å². The summed E-state index contributed by atoms with van der Waals surface area (Å²) < 4.78 is 14.4. The largest absolute Gasteiger partial charge is 0.399 e. The van der Waals surface area contributed by atoms with Crippen LogP contribution in [-0.2, 0) is 6.54 Å². The molecule has 0 fully saturated rings. The van der Waals surface area contributed by atoms with E-state index in [9.17, 15) is 14.0 Å². The van der Waals surface area contributed by atoms with Crippen LogP contribution < -0.4 is 33.0 Å². The summed E-state index contributed by atoms with van der Waals surface area (Å²) in [6.45, 7) is 1.61. The molecule has 0 aliphatic heterocycles. The second kappa shape index (κ2) is 10.7. The Bertz CT molecular complexity index is 1170. The number of carbonyl (C=O) groups excluding carboxylic acids is 1. The molecule has 1 aromatic heterocycles. The summed E-state index contributed by atoms with van der Waals surface area (Å²) in [4.78, 5) is 31.1. The van der Waals surface area contributed by atoms with Crippen molar-refractivity contribution in [3.8, 4) is 11.1 Å². The summed E-state index contributed by atoms with van der Waals surface area (Å²) in [5.74, 6) is -0.528. The molecule has 11 heteroatoms. The Balaban J connectivity index is 1.68. The number of nitrogen functional groups attached to an aromatic ring is 1. The van der Waals surface area contributed by atoms with E-state index in [-0.39, 0.29) is 11.5 Å². The molecule has 0 spiro atoms. The number of nitrogens with one attached hydrogen (secondary N) is 4. The standard InChI is InChI=1S/C21H23ClFN7O2/c22-16-5-4-14(25)9-18(16)28-21(32)30-20-27-11-15(19(31)29-20)12-2-3-13(17(23)8-12)10-26-7-1-6-24/h2-5,8-9,11,26H,1,6-7,10,24-25H2,(H3,27,28,29,30,31,32). The maximum atomic E-state index is 14.4. The van der Waals surface area contributed by atoms with Gasteiger partial charge in [0.25, 0.3) is 5.56 Å². The number of hydrogen-bond donors (Lipinski definition) is 6. The molecule has 0 saturated carbocycles. The van der Waals surface area contributed by atoms with Gasteiger partial charge in [-0.15, -0.1) is 0 Å². The predicted molar refractivity (Wildman–Crippen MR) is 124 cm³/mol. The van der Waals surface area contributed by atoms with E-state index in [1.165, 1.54) is 18.3 Å². The van der Waals surface area contributed by atoms with Crippen molar-refractivity contribution < 1.29 is 9.18 Å². The summed E-state index contributed by atoms with van der Waals surface area (Å²) in [5, 5.41) is 8.32. The van der Waals surface area contributed by atoms with Crippen molar-refractivity contribution in [3.05, 3.63) is 69.4 Å². The SMILES string of the molecule is NCCCNCc1ccc(-c2cnc(NC(=O)Nc3cc(N)ccc3Cl)[nH]c2=O)cc1F. The van der Waals surface area contributed by atoms with E-state index < -0.39 is 17.4 Å². The maximum absolute atomic E-state index is 14.4. The number of H-pyrrole nitrogens is 1. The number of carbonyl (C=O) groups is 1. The molecular weight excluding hydrogens is 437 g/mol. The number of benzene rings is 2. The fourth-order valence-corrected chi connectivity index (χ4v) is 3.04. The van der Waals surface area contributed by atoms with Gasteiger partial charge in [0.15, 0.2) is 0 Å². The van der Waals surface area contributed by atoms with Gasteiger partial charge >= 0.3 is 6.03 Å². The lowest BCUT2D eigenvalue weighted by molar-refractivity contribution is 0.262. The number of anilines is 3. The first kappa shape index (κ1) is 23.2. The van der Waals surface area contributed by atoms with Gasteiger partial charge in [0.2, 0.25) is 5.95 Å². The predicted octanol–water partition coefficient (Wildman–Crippen LogP) is 2.89. The lowest BCUT2D eigenvalue weighted by Crippen LogP contribution is -2.23. The number of aromatic amines is 1. The molecule has 2 amide bonds. The fourth-order valence-electron chi connectivity index (χ4n) is 2.87. The second-order valence-electron chi connectivity index (χ2n) is 6.92. The van der Waals surface area contributed by atoms with Crippen molar-refractivity contribution in [1.29, 1.82) is 0 Å². The Hall–Kier alpha value is -3.47. The molecule has 8 N–H and O–H groups in total. The number of nitrogens with two attached hydrogens (primary N) is 2. The molecule has 3 rings (SSSR count). The Morgan fingerprint density at radius 3 is 2.72 bits per heavy atom. The monoisotopic (exact) mass is 459 g/mol. The Kier molecular flexibility index (Phi) is 7.77. The first-order chi connectivity index (χ1) is 15.4. The van der Waals surface area contributed by atoms with Crippen LogP contribution in [0.4, 0.5) is 26.5 Å². The van der Waals surface area contributed by atoms with Crippen LogP contribution in [0.15, 0.2) is 47.4 Å². The zero-order chi connectivity index (χ0) is 23.1. The number of amides is 2. The Morgan fingerprint density at radius 1 is 1.19 bits per heavy atom. The summed E-state index contributed by atoms with van der Waals surface area (Å²) >= 11 is 6.01. The molecule has 0 saturated heterocycles. The van der Waals surface area contributed by atoms with E-state index in [0.717, 1.165) is 6.42 Å². The van der Waals surface area contributed by atoms with Gasteiger partial charge in [0.05, 0.1) is 16.3 Å². The van der Waals surface area contributed by atoms with Gasteiger partial charge in [-0.2, -0.15) is 0 Å². The molecule has 1 heterocycles. The van der Waals surface area contributed by atoms with Crippen LogP contribution in [-0.4, -0.2) is 29.1 Å². The topological polar surface area (TPSA) is 151 Å². The van der Waals surface area contributed by atoms with Crippen molar-refractivity contribution in [2.75, 3.05) is 29.5 Å². The normalized spacial score (nSPS) is 10.7. The molecule has 3 aromatic rings. The van der Waals surface area contributed by atoms with E-state index in [1.807, 2.05) is 0 Å². The lowest BCUT2D eigenvalue weighted by atomic mass is 10.1. The molecule has 32 heavy (non-hydrogen) atoms. The van der Waals surface area contributed by atoms with Crippen molar-refractivity contribution in [2.45, 2.75) is 13.0 Å². The summed E-state index contributed by atoms with van der Waals surface area (Å²) in [6, 6.07) is 8.47. The molecule has 9 nitrogen and oxygen atoms in total. The third-order valence-corrected chi connectivity index (χ3v) is 4.84. The van der Waals surface area contributed by atoms with Crippen LogP contribution in [0.1, 0.15) is 12.0 Å². The van der Waals surface area contributed by atoms with Crippen LogP contribution in [0, 0.1) is 5.82 Å². The molecule has 2 aromatic carbocycles. The minimum Gasteiger partial charge on any atom is -0.399 e. The molecule has 0 unspecified atom stereocenters. The van der Waals surface area contributed by atoms with Gasteiger partial charge in [-0.25, -0.2) is 14.2 Å². The number of rotatable bonds is 8. The molecule has 0 aliphatic rings. The average Bonchev–Trinajstić information content (AvgIpc) is 2.75. The van der Waals surface area contributed by atoms with E-state index in [1.54, 1.807) is 24.3 Å². The minimum atomic E-state index is -0.675. The van der Waals surface area contributed by atoms with E-state index in [4.69, 9.17) is 23.1 Å². The third-order valence-electron chi connectivity index (χ3n) is 4.51. The number of urea groups is 1. The van der Waals surface area contributed by atoms with Crippen LogP contribution in [0.25, 0.3) is 11.1 Å². The van der Waals surface area contributed by atoms with Crippen LogP contribution >= 0.6 is 11.6 Å². The third kappa shape index (κ3) is 6.03. The zero-order valence-corrected chi connectivity index (χ0v) is 17.8. The number of hydrogen-bond acceptors (Lipinski definition) is 6. The number of halogens is 2. The van der Waals surface area contributed by atoms with E-state index in [0.29, 0.717) is 47.2 Å². The highest BCUT2D eigenvalue weighted by atomic mass is 35.5. The van der Waals surface area contributed by atoms with Gasteiger partial charge in [-0.1, -0.05) is 23.7 Å². The Labute approximate surface area is 188 Å². The van der Waals surface area contributed by atoms with E-state index in [2.05, 4.69) is 25.9 Å². The molecule has 0 atom stereocenters. The molecule has 0 aliphatic carbocycles. The average molecular weight is 460 g/mol. The first-order valence-electron chi connectivity index (χ1n) is 9.79. The fraction of sp³-hybridized carbons (Fsp3) is 0.190. The summed E-state index contributed by atoms with van der Waals surface area (Å²) in [7, 11) is 0. The summed E-state index contributed by atoms with van der Waals surface area (Å²) in [5.41, 5.74) is 12.3. The number of nitrogens with zero attached hydrogens (tertiary/aromatic N) is 1. The highest BCUT2D eigenvalue weighted by Crippen LogP contribution is 2.24. The minimum absolute atomic E-state index is 0.0857. The van der Waals surface area contributed by atoms with Gasteiger partial charge in [-0.05, 0) is 49.3 Å². The van der Waals surface area contributed by atoms with Gasteiger partial charge in [0.1, 0.15) is 5.82 Å². The number of aromatic nitrogens is 2. The second-order valence-corrected chi connectivity index (χ2v) is 7.33. The lowest BCUT2D eigenvalue weighted by Gasteiger charge is -2.10. The van der Waals surface area contributed by atoms with Gasteiger partial charge in [0, 0.05) is 24.0 Å². The molecular formula is C21H23ClFN7O2. The van der Waals surface area contributed by atoms with Gasteiger partial charge < -0.3 is 22.1 Å². The van der Waals surface area contributed by atoms with E-state index >= 15 is 0 Å². The summed E-state index contributed by atoms with van der Waals surface area (Å²) in [6.07, 6.45) is 2.06. The van der Waals surface area contributed by atoms with Crippen molar-refractivity contribution in [3.63, 3.8) is 0 Å². The van der Waals surface area contributed by atoms with Crippen molar-refractivity contribution in [1.82, 2.24) is 15.3 Å². The highest BCUT2D eigenvalue weighted by Gasteiger charge is 2.12.